The lowest BCUT2D eigenvalue weighted by atomic mass is 10.1. The molecule has 31 heavy (non-hydrogen) atoms. The van der Waals surface area contributed by atoms with E-state index in [-0.39, 0.29) is 31.7 Å². The van der Waals surface area contributed by atoms with Crippen molar-refractivity contribution < 1.29 is 19.7 Å². The summed E-state index contributed by atoms with van der Waals surface area (Å²) in [5, 5.41) is 23.6. The summed E-state index contributed by atoms with van der Waals surface area (Å²) in [7, 11) is 0. The van der Waals surface area contributed by atoms with Gasteiger partial charge in [0.2, 0.25) is 0 Å². The minimum atomic E-state index is -0.672. The van der Waals surface area contributed by atoms with E-state index >= 15 is 0 Å². The topological polar surface area (TPSA) is 71.0 Å². The molecule has 0 heterocycles. The van der Waals surface area contributed by atoms with Gasteiger partial charge in [-0.15, -0.1) is 12.4 Å². The summed E-state index contributed by atoms with van der Waals surface area (Å²) in [5.74, 6) is 2.16. The fraction of sp³-hybridized carbons (Fsp3) is 0.250. The maximum Gasteiger partial charge on any atom is 0.127 e. The maximum absolute atomic E-state index is 10.1. The zero-order valence-electron chi connectivity index (χ0n) is 17.0. The van der Waals surface area contributed by atoms with Crippen LogP contribution >= 0.6 is 24.0 Å². The van der Waals surface area contributed by atoms with Crippen LogP contribution in [-0.4, -0.2) is 42.1 Å². The van der Waals surface area contributed by atoms with Gasteiger partial charge in [-0.1, -0.05) is 41.9 Å². The van der Waals surface area contributed by atoms with Gasteiger partial charge in [0.25, 0.3) is 0 Å². The molecule has 7 heteroatoms. The molecule has 0 aromatic heterocycles. The predicted octanol–water partition coefficient (Wildman–Crippen LogP) is 4.49. The summed E-state index contributed by atoms with van der Waals surface area (Å²) in [4.78, 5) is 0. The standard InChI is InChI=1S/C24H26ClNO4.ClH/c25-19-8-12-24(13-9-19)30-23-10-6-18(7-11-23)14-20(16-27)26-15-21(28)17-29-22-4-2-1-3-5-22;/h1-13,20-21,26-28H,14-17H2;1H/t20-,21?;/m0./s1. The normalized spacial score (nSPS) is 12.5. The first-order valence-corrected chi connectivity index (χ1v) is 10.2. The lowest BCUT2D eigenvalue weighted by Crippen LogP contribution is -2.41. The Morgan fingerprint density at radius 2 is 1.45 bits per heavy atom. The lowest BCUT2D eigenvalue weighted by Gasteiger charge is -2.19. The molecule has 0 aliphatic heterocycles. The molecule has 0 spiro atoms. The van der Waals surface area contributed by atoms with Crippen molar-refractivity contribution in [2.75, 3.05) is 19.8 Å². The molecule has 2 atom stereocenters. The highest BCUT2D eigenvalue weighted by atomic mass is 35.5. The average Bonchev–Trinajstić information content (AvgIpc) is 2.78. The number of ether oxygens (including phenoxy) is 2. The van der Waals surface area contributed by atoms with Crippen LogP contribution in [0, 0.1) is 0 Å². The molecule has 3 rings (SSSR count). The van der Waals surface area contributed by atoms with E-state index in [4.69, 9.17) is 21.1 Å². The molecule has 0 saturated heterocycles. The Morgan fingerprint density at radius 1 is 0.839 bits per heavy atom. The van der Waals surface area contributed by atoms with Gasteiger partial charge in [-0.05, 0) is 60.5 Å². The first kappa shape index (κ1) is 25.0. The van der Waals surface area contributed by atoms with Crippen LogP contribution in [0.25, 0.3) is 0 Å². The zero-order valence-corrected chi connectivity index (χ0v) is 18.6. The molecule has 166 valence electrons. The van der Waals surface area contributed by atoms with Crippen molar-refractivity contribution >= 4 is 24.0 Å². The van der Waals surface area contributed by atoms with E-state index < -0.39 is 6.10 Å². The van der Waals surface area contributed by atoms with Crippen molar-refractivity contribution in [2.24, 2.45) is 0 Å². The Balaban J connectivity index is 0.00000341. The smallest absolute Gasteiger partial charge is 0.127 e. The molecular weight excluding hydrogens is 437 g/mol. The molecule has 3 aromatic carbocycles. The molecule has 0 saturated carbocycles. The number of benzene rings is 3. The highest BCUT2D eigenvalue weighted by Crippen LogP contribution is 2.23. The number of hydrogen-bond donors (Lipinski definition) is 3. The van der Waals surface area contributed by atoms with E-state index in [1.807, 2.05) is 66.7 Å². The summed E-state index contributed by atoms with van der Waals surface area (Å²) in [6, 6.07) is 24.1. The fourth-order valence-electron chi connectivity index (χ4n) is 2.89. The van der Waals surface area contributed by atoms with E-state index in [2.05, 4.69) is 5.32 Å². The number of nitrogens with one attached hydrogen (secondary N) is 1. The largest absolute Gasteiger partial charge is 0.491 e. The van der Waals surface area contributed by atoms with Crippen LogP contribution in [0.5, 0.6) is 17.2 Å². The van der Waals surface area contributed by atoms with E-state index in [0.29, 0.717) is 23.7 Å². The third kappa shape index (κ3) is 8.77. The molecule has 0 bridgehead atoms. The van der Waals surface area contributed by atoms with Crippen molar-refractivity contribution in [3.05, 3.63) is 89.4 Å². The van der Waals surface area contributed by atoms with Crippen LogP contribution in [0.2, 0.25) is 5.02 Å². The molecule has 3 aromatic rings. The van der Waals surface area contributed by atoms with E-state index in [1.54, 1.807) is 12.1 Å². The molecule has 5 nitrogen and oxygen atoms in total. The van der Waals surface area contributed by atoms with Gasteiger partial charge in [0, 0.05) is 17.6 Å². The van der Waals surface area contributed by atoms with Gasteiger partial charge in [0.1, 0.15) is 30.0 Å². The molecule has 0 amide bonds. The molecule has 0 aliphatic rings. The number of rotatable bonds is 11. The van der Waals surface area contributed by atoms with Crippen molar-refractivity contribution in [3.8, 4) is 17.2 Å². The van der Waals surface area contributed by atoms with Crippen LogP contribution < -0.4 is 14.8 Å². The Kier molecular flexibility index (Phi) is 10.6. The number of aliphatic hydroxyl groups excluding tert-OH is 2. The Hall–Kier alpha value is -2.28. The van der Waals surface area contributed by atoms with E-state index in [1.165, 1.54) is 0 Å². The van der Waals surface area contributed by atoms with E-state index in [9.17, 15) is 10.2 Å². The highest BCUT2D eigenvalue weighted by Gasteiger charge is 2.12. The summed E-state index contributed by atoms with van der Waals surface area (Å²) in [6.07, 6.45) is -0.0429. The van der Waals surface area contributed by atoms with Gasteiger partial charge in [0.05, 0.1) is 6.61 Å². The number of halogens is 2. The third-order valence-electron chi connectivity index (χ3n) is 4.50. The van der Waals surface area contributed by atoms with Gasteiger partial charge in [0.15, 0.2) is 0 Å². The molecule has 1 unspecified atom stereocenters. The van der Waals surface area contributed by atoms with Gasteiger partial charge >= 0.3 is 0 Å². The van der Waals surface area contributed by atoms with Gasteiger partial charge in [-0.3, -0.25) is 0 Å². The second kappa shape index (κ2) is 13.2. The highest BCUT2D eigenvalue weighted by molar-refractivity contribution is 6.30. The van der Waals surface area contributed by atoms with E-state index in [0.717, 1.165) is 17.1 Å². The van der Waals surface area contributed by atoms with Crippen molar-refractivity contribution in [2.45, 2.75) is 18.6 Å². The Bertz CT molecular complexity index is 876. The molecule has 0 aliphatic carbocycles. The summed E-state index contributed by atoms with van der Waals surface area (Å²) in [5.41, 5.74) is 1.06. The monoisotopic (exact) mass is 463 g/mol. The van der Waals surface area contributed by atoms with Crippen LogP contribution in [0.3, 0.4) is 0 Å². The lowest BCUT2D eigenvalue weighted by molar-refractivity contribution is 0.0997. The minimum absolute atomic E-state index is 0. The molecular formula is C24H27Cl2NO4. The molecule has 3 N–H and O–H groups in total. The fourth-order valence-corrected chi connectivity index (χ4v) is 3.01. The predicted molar refractivity (Wildman–Crippen MR) is 126 cm³/mol. The van der Waals surface area contributed by atoms with Crippen LogP contribution in [-0.2, 0) is 6.42 Å². The van der Waals surface area contributed by atoms with Gasteiger partial charge in [-0.25, -0.2) is 0 Å². The second-order valence-corrected chi connectivity index (χ2v) is 7.41. The SMILES string of the molecule is Cl.OC[C@H](Cc1ccc(Oc2ccc(Cl)cc2)cc1)NCC(O)COc1ccccc1. The first-order valence-electron chi connectivity index (χ1n) is 9.85. The summed E-state index contributed by atoms with van der Waals surface area (Å²) < 4.78 is 11.3. The first-order chi connectivity index (χ1) is 14.6. The second-order valence-electron chi connectivity index (χ2n) is 6.97. The van der Waals surface area contributed by atoms with Crippen molar-refractivity contribution in [3.63, 3.8) is 0 Å². The van der Waals surface area contributed by atoms with Gasteiger partial charge < -0.3 is 25.0 Å². The molecule has 0 fully saturated rings. The van der Waals surface area contributed by atoms with Crippen molar-refractivity contribution in [1.82, 2.24) is 5.32 Å². The minimum Gasteiger partial charge on any atom is -0.491 e. The number of hydrogen-bond acceptors (Lipinski definition) is 5. The number of aliphatic hydroxyl groups is 2. The van der Waals surface area contributed by atoms with Crippen LogP contribution in [0.15, 0.2) is 78.9 Å². The van der Waals surface area contributed by atoms with Crippen LogP contribution in [0.1, 0.15) is 5.56 Å². The molecule has 0 radical (unpaired) electrons. The third-order valence-corrected chi connectivity index (χ3v) is 4.75. The van der Waals surface area contributed by atoms with Crippen LogP contribution in [0.4, 0.5) is 0 Å². The van der Waals surface area contributed by atoms with Gasteiger partial charge in [-0.2, -0.15) is 0 Å². The Morgan fingerprint density at radius 3 is 2.06 bits per heavy atom. The Labute approximate surface area is 194 Å². The maximum atomic E-state index is 10.1. The van der Waals surface area contributed by atoms with Crippen molar-refractivity contribution in [1.29, 1.82) is 0 Å². The quantitative estimate of drug-likeness (QED) is 0.390. The summed E-state index contributed by atoms with van der Waals surface area (Å²) in [6.45, 7) is 0.483. The zero-order chi connectivity index (χ0) is 21.2. The number of para-hydroxylation sites is 1. The average molecular weight is 464 g/mol. The summed E-state index contributed by atoms with van der Waals surface area (Å²) >= 11 is 5.88.